The van der Waals surface area contributed by atoms with E-state index in [0.29, 0.717) is 19.1 Å². The smallest absolute Gasteiger partial charge is 0.353 e. The molecule has 0 aliphatic heterocycles. The van der Waals surface area contributed by atoms with Gasteiger partial charge in [0, 0.05) is 6.07 Å². The van der Waals surface area contributed by atoms with E-state index < -0.39 is 11.9 Å². The third kappa shape index (κ3) is 4.04. The SMILES string of the molecule is CCON(CC1CCCCC1)C(=O)c1cc(C(=O)O)[nH]n1. The highest BCUT2D eigenvalue weighted by molar-refractivity contribution is 5.94. The van der Waals surface area contributed by atoms with Gasteiger partial charge in [-0.05, 0) is 25.7 Å². The molecule has 0 spiro atoms. The Morgan fingerprint density at radius 2 is 2.14 bits per heavy atom. The fourth-order valence-electron chi connectivity index (χ4n) is 2.62. The second-order valence-electron chi connectivity index (χ2n) is 5.26. The molecule has 1 aromatic heterocycles. The summed E-state index contributed by atoms with van der Waals surface area (Å²) in [5.41, 5.74) is -0.0378. The van der Waals surface area contributed by atoms with Crippen molar-refractivity contribution in [1.82, 2.24) is 15.3 Å². The van der Waals surface area contributed by atoms with Gasteiger partial charge in [-0.1, -0.05) is 19.3 Å². The number of aromatic carboxylic acids is 1. The van der Waals surface area contributed by atoms with E-state index in [-0.39, 0.29) is 11.4 Å². The molecule has 1 amide bonds. The minimum Gasteiger partial charge on any atom is -0.477 e. The minimum absolute atomic E-state index is 0.0664. The molecule has 1 aliphatic carbocycles. The van der Waals surface area contributed by atoms with Gasteiger partial charge in [0.1, 0.15) is 5.69 Å². The van der Waals surface area contributed by atoms with Crippen LogP contribution in [0.3, 0.4) is 0 Å². The van der Waals surface area contributed by atoms with E-state index in [2.05, 4.69) is 10.2 Å². The Bertz CT molecular complexity index is 494. The molecule has 1 fully saturated rings. The zero-order valence-corrected chi connectivity index (χ0v) is 12.2. The quantitative estimate of drug-likeness (QED) is 0.783. The maximum Gasteiger partial charge on any atom is 0.353 e. The summed E-state index contributed by atoms with van der Waals surface area (Å²) in [5.74, 6) is -1.10. The Morgan fingerprint density at radius 3 is 2.71 bits per heavy atom. The molecular formula is C14H21N3O4. The third-order valence-corrected chi connectivity index (χ3v) is 3.69. The van der Waals surface area contributed by atoms with Crippen LogP contribution in [-0.2, 0) is 4.84 Å². The maximum absolute atomic E-state index is 12.4. The van der Waals surface area contributed by atoms with Gasteiger partial charge in [-0.3, -0.25) is 14.7 Å². The number of carbonyl (C=O) groups excluding carboxylic acids is 1. The minimum atomic E-state index is -1.14. The number of carboxylic acid groups (broad SMARTS) is 1. The second-order valence-corrected chi connectivity index (χ2v) is 5.26. The number of nitrogens with zero attached hydrogens (tertiary/aromatic N) is 2. The van der Waals surface area contributed by atoms with E-state index >= 15 is 0 Å². The molecule has 0 aromatic carbocycles. The first-order chi connectivity index (χ1) is 10.1. The summed E-state index contributed by atoms with van der Waals surface area (Å²) in [5, 5.41) is 16.3. The lowest BCUT2D eigenvalue weighted by Crippen LogP contribution is -2.36. The molecule has 2 rings (SSSR count). The molecule has 1 saturated carbocycles. The summed E-state index contributed by atoms with van der Waals surface area (Å²) >= 11 is 0. The van der Waals surface area contributed by atoms with Gasteiger partial charge in [0.15, 0.2) is 5.69 Å². The van der Waals surface area contributed by atoms with Gasteiger partial charge >= 0.3 is 5.97 Å². The van der Waals surface area contributed by atoms with E-state index in [1.54, 1.807) is 0 Å². The number of rotatable bonds is 6. The van der Waals surface area contributed by atoms with Crippen molar-refractivity contribution < 1.29 is 19.5 Å². The Balaban J connectivity index is 2.04. The molecular weight excluding hydrogens is 274 g/mol. The van der Waals surface area contributed by atoms with Gasteiger partial charge in [-0.2, -0.15) is 5.10 Å². The van der Waals surface area contributed by atoms with Crippen molar-refractivity contribution in [3.63, 3.8) is 0 Å². The van der Waals surface area contributed by atoms with E-state index in [1.807, 2.05) is 6.92 Å². The molecule has 7 nitrogen and oxygen atoms in total. The molecule has 0 bridgehead atoms. The number of aromatic amines is 1. The highest BCUT2D eigenvalue weighted by atomic mass is 16.7. The highest BCUT2D eigenvalue weighted by Crippen LogP contribution is 2.25. The molecule has 1 aliphatic rings. The van der Waals surface area contributed by atoms with Crippen molar-refractivity contribution in [2.45, 2.75) is 39.0 Å². The molecule has 1 aromatic rings. The van der Waals surface area contributed by atoms with Gasteiger partial charge in [0.05, 0.1) is 13.2 Å². The largest absolute Gasteiger partial charge is 0.477 e. The van der Waals surface area contributed by atoms with E-state index in [0.717, 1.165) is 12.8 Å². The Hall–Kier alpha value is -1.89. The average molecular weight is 295 g/mol. The number of aromatic nitrogens is 2. The molecule has 21 heavy (non-hydrogen) atoms. The van der Waals surface area contributed by atoms with Crippen LogP contribution in [0.2, 0.25) is 0 Å². The van der Waals surface area contributed by atoms with Crippen LogP contribution in [0.5, 0.6) is 0 Å². The summed E-state index contributed by atoms with van der Waals surface area (Å²) in [6.07, 6.45) is 5.81. The molecule has 0 atom stereocenters. The molecule has 0 radical (unpaired) electrons. The molecule has 0 unspecified atom stereocenters. The maximum atomic E-state index is 12.4. The second kappa shape index (κ2) is 7.21. The number of hydrogen-bond acceptors (Lipinski definition) is 4. The zero-order valence-electron chi connectivity index (χ0n) is 12.2. The molecule has 0 saturated heterocycles. The topological polar surface area (TPSA) is 95.5 Å². The van der Waals surface area contributed by atoms with Crippen LogP contribution < -0.4 is 0 Å². The summed E-state index contributed by atoms with van der Waals surface area (Å²) in [6.45, 7) is 2.73. The standard InChI is InChI=1S/C14H21N3O4/c1-2-21-17(9-10-6-4-3-5-7-10)13(18)11-8-12(14(19)20)16-15-11/h8,10H,2-7,9H2,1H3,(H,15,16)(H,19,20). The molecule has 7 heteroatoms. The van der Waals surface area contributed by atoms with Crippen LogP contribution in [0.1, 0.15) is 60.0 Å². The first kappa shape index (κ1) is 15.5. The van der Waals surface area contributed by atoms with Crippen molar-refractivity contribution >= 4 is 11.9 Å². The van der Waals surface area contributed by atoms with Gasteiger partial charge in [0.25, 0.3) is 5.91 Å². The van der Waals surface area contributed by atoms with Crippen LogP contribution in [0, 0.1) is 5.92 Å². The van der Waals surface area contributed by atoms with E-state index in [4.69, 9.17) is 9.94 Å². The fourth-order valence-corrected chi connectivity index (χ4v) is 2.62. The normalized spacial score (nSPS) is 15.9. The number of carbonyl (C=O) groups is 2. The van der Waals surface area contributed by atoms with Crippen LogP contribution in [0.25, 0.3) is 0 Å². The number of amides is 1. The number of nitrogens with one attached hydrogen (secondary N) is 1. The van der Waals surface area contributed by atoms with Gasteiger partial charge in [-0.15, -0.1) is 0 Å². The Labute approximate surface area is 123 Å². The average Bonchev–Trinajstić information content (AvgIpc) is 2.97. The number of hydroxylamine groups is 2. The van der Waals surface area contributed by atoms with Crippen LogP contribution in [-0.4, -0.2) is 45.4 Å². The first-order valence-electron chi connectivity index (χ1n) is 7.35. The summed E-state index contributed by atoms with van der Waals surface area (Å²) < 4.78 is 0. The lowest BCUT2D eigenvalue weighted by atomic mass is 9.89. The summed E-state index contributed by atoms with van der Waals surface area (Å²) in [6, 6.07) is 1.23. The predicted molar refractivity (Wildman–Crippen MR) is 74.8 cm³/mol. The van der Waals surface area contributed by atoms with E-state index in [1.165, 1.54) is 30.4 Å². The number of carboxylic acids is 1. The molecule has 2 N–H and O–H groups in total. The first-order valence-corrected chi connectivity index (χ1v) is 7.35. The van der Waals surface area contributed by atoms with Crippen LogP contribution in [0.15, 0.2) is 6.07 Å². The van der Waals surface area contributed by atoms with Gasteiger partial charge < -0.3 is 5.11 Å². The van der Waals surface area contributed by atoms with Crippen molar-refractivity contribution in [2.24, 2.45) is 5.92 Å². The Morgan fingerprint density at radius 1 is 1.43 bits per heavy atom. The monoisotopic (exact) mass is 295 g/mol. The number of hydrogen-bond donors (Lipinski definition) is 2. The van der Waals surface area contributed by atoms with Gasteiger partial charge in [0.2, 0.25) is 0 Å². The molecule has 1 heterocycles. The highest BCUT2D eigenvalue weighted by Gasteiger charge is 2.25. The van der Waals surface area contributed by atoms with Crippen molar-refractivity contribution in [3.8, 4) is 0 Å². The Kier molecular flexibility index (Phi) is 5.32. The summed E-state index contributed by atoms with van der Waals surface area (Å²) in [4.78, 5) is 28.6. The predicted octanol–water partition coefficient (Wildman–Crippen LogP) is 2.08. The lowest BCUT2D eigenvalue weighted by molar-refractivity contribution is -0.128. The molecule has 116 valence electrons. The van der Waals surface area contributed by atoms with Gasteiger partial charge in [-0.25, -0.2) is 9.86 Å². The third-order valence-electron chi connectivity index (χ3n) is 3.69. The summed E-state index contributed by atoms with van der Waals surface area (Å²) in [7, 11) is 0. The van der Waals surface area contributed by atoms with Crippen molar-refractivity contribution in [1.29, 1.82) is 0 Å². The zero-order chi connectivity index (χ0) is 15.2. The van der Waals surface area contributed by atoms with Crippen LogP contribution >= 0.6 is 0 Å². The van der Waals surface area contributed by atoms with Crippen LogP contribution in [0.4, 0.5) is 0 Å². The number of H-pyrrole nitrogens is 1. The fraction of sp³-hybridized carbons (Fsp3) is 0.643. The lowest BCUT2D eigenvalue weighted by Gasteiger charge is -2.28. The van der Waals surface area contributed by atoms with Crippen molar-refractivity contribution in [3.05, 3.63) is 17.5 Å². The van der Waals surface area contributed by atoms with E-state index in [9.17, 15) is 9.59 Å². The van der Waals surface area contributed by atoms with Crippen molar-refractivity contribution in [2.75, 3.05) is 13.2 Å².